The van der Waals surface area contributed by atoms with Gasteiger partial charge in [0.1, 0.15) is 17.1 Å². The monoisotopic (exact) mass is 392 g/mol. The molecular formula is C18H20N2O6S. The topological polar surface area (TPSA) is 107 Å². The lowest BCUT2D eigenvalue weighted by atomic mass is 10.2. The fourth-order valence-electron chi connectivity index (χ4n) is 3.06. The van der Waals surface area contributed by atoms with Crippen molar-refractivity contribution in [1.29, 1.82) is 0 Å². The molecule has 0 aliphatic carbocycles. The summed E-state index contributed by atoms with van der Waals surface area (Å²) in [5.74, 6) is -1.13. The number of rotatable bonds is 5. The Hall–Kier alpha value is -2.78. The van der Waals surface area contributed by atoms with Crippen molar-refractivity contribution < 1.29 is 28.2 Å². The number of aromatic hydroxyl groups is 1. The normalized spacial score (nSPS) is 15.5. The van der Waals surface area contributed by atoms with Crippen LogP contribution in [0.1, 0.15) is 10.4 Å². The summed E-state index contributed by atoms with van der Waals surface area (Å²) in [6, 6.07) is 10.8. The maximum atomic E-state index is 12.8. The van der Waals surface area contributed by atoms with Crippen LogP contribution in [-0.2, 0) is 10.0 Å². The minimum atomic E-state index is -3.86. The van der Waals surface area contributed by atoms with Gasteiger partial charge in [0.2, 0.25) is 10.0 Å². The standard InChI is InChI=1S/C18H20N2O6S/c1-26-17-5-3-2-4-15(17)19-8-10-20(11-9-19)27(24,25)13-6-7-16(21)14(12-13)18(22)23/h2-7,12,21H,8-11H2,1H3,(H,22,23). The Morgan fingerprint density at radius 2 is 1.74 bits per heavy atom. The van der Waals surface area contributed by atoms with Crippen LogP contribution in [0.3, 0.4) is 0 Å². The molecule has 0 aromatic heterocycles. The highest BCUT2D eigenvalue weighted by molar-refractivity contribution is 7.89. The summed E-state index contributed by atoms with van der Waals surface area (Å²) in [6.07, 6.45) is 0. The van der Waals surface area contributed by atoms with E-state index >= 15 is 0 Å². The van der Waals surface area contributed by atoms with Crippen LogP contribution in [0.15, 0.2) is 47.4 Å². The van der Waals surface area contributed by atoms with E-state index in [0.717, 1.165) is 23.6 Å². The maximum Gasteiger partial charge on any atom is 0.339 e. The Morgan fingerprint density at radius 1 is 1.07 bits per heavy atom. The van der Waals surface area contributed by atoms with Gasteiger partial charge in [-0.15, -0.1) is 0 Å². The van der Waals surface area contributed by atoms with Gasteiger partial charge in [-0.1, -0.05) is 12.1 Å². The van der Waals surface area contributed by atoms with E-state index in [-0.39, 0.29) is 18.0 Å². The largest absolute Gasteiger partial charge is 0.507 e. The van der Waals surface area contributed by atoms with Crippen LogP contribution in [0.4, 0.5) is 5.69 Å². The quantitative estimate of drug-likeness (QED) is 0.796. The second kappa shape index (κ2) is 7.45. The molecule has 1 heterocycles. The van der Waals surface area contributed by atoms with Gasteiger partial charge in [-0.05, 0) is 30.3 Å². The Kier molecular flexibility index (Phi) is 5.24. The molecule has 144 valence electrons. The van der Waals surface area contributed by atoms with Crippen LogP contribution in [0.5, 0.6) is 11.5 Å². The van der Waals surface area contributed by atoms with E-state index in [0.29, 0.717) is 13.1 Å². The lowest BCUT2D eigenvalue weighted by Crippen LogP contribution is -2.48. The number of methoxy groups -OCH3 is 1. The van der Waals surface area contributed by atoms with Crippen LogP contribution in [-0.4, -0.2) is 62.2 Å². The van der Waals surface area contributed by atoms with Crippen molar-refractivity contribution in [2.24, 2.45) is 0 Å². The first-order chi connectivity index (χ1) is 12.8. The van der Waals surface area contributed by atoms with Crippen LogP contribution < -0.4 is 9.64 Å². The molecule has 0 atom stereocenters. The second-order valence-corrected chi connectivity index (χ2v) is 7.99. The van der Waals surface area contributed by atoms with Gasteiger partial charge in [-0.3, -0.25) is 0 Å². The summed E-state index contributed by atoms with van der Waals surface area (Å²) in [4.78, 5) is 13.0. The van der Waals surface area contributed by atoms with Gasteiger partial charge < -0.3 is 19.8 Å². The number of carboxylic acids is 1. The number of ether oxygens (including phenoxy) is 1. The molecule has 0 unspecified atom stereocenters. The number of para-hydroxylation sites is 2. The molecule has 3 rings (SSSR count). The van der Waals surface area contributed by atoms with Gasteiger partial charge in [-0.25, -0.2) is 13.2 Å². The Balaban J connectivity index is 1.79. The summed E-state index contributed by atoms with van der Waals surface area (Å²) >= 11 is 0. The summed E-state index contributed by atoms with van der Waals surface area (Å²) in [5, 5.41) is 18.7. The number of benzene rings is 2. The molecule has 0 amide bonds. The predicted octanol–water partition coefficient (Wildman–Crippen LogP) is 1.61. The van der Waals surface area contributed by atoms with E-state index in [1.807, 2.05) is 29.2 Å². The third kappa shape index (κ3) is 3.69. The van der Waals surface area contributed by atoms with E-state index < -0.39 is 27.3 Å². The molecule has 0 spiro atoms. The van der Waals surface area contributed by atoms with Crippen molar-refractivity contribution in [3.05, 3.63) is 48.0 Å². The predicted molar refractivity (Wildman–Crippen MR) is 99.0 cm³/mol. The molecule has 1 aliphatic heterocycles. The van der Waals surface area contributed by atoms with E-state index in [2.05, 4.69) is 0 Å². The number of phenols is 1. The first-order valence-electron chi connectivity index (χ1n) is 8.29. The fourth-order valence-corrected chi connectivity index (χ4v) is 4.51. The highest BCUT2D eigenvalue weighted by Gasteiger charge is 2.30. The van der Waals surface area contributed by atoms with Gasteiger partial charge >= 0.3 is 5.97 Å². The first kappa shape index (κ1) is 19.0. The van der Waals surface area contributed by atoms with Gasteiger partial charge in [-0.2, -0.15) is 4.31 Å². The van der Waals surface area contributed by atoms with E-state index in [4.69, 9.17) is 9.84 Å². The minimum absolute atomic E-state index is 0.150. The molecule has 0 radical (unpaired) electrons. The molecular weight excluding hydrogens is 372 g/mol. The molecule has 1 fully saturated rings. The summed E-state index contributed by atoms with van der Waals surface area (Å²) in [5.41, 5.74) is 0.457. The van der Waals surface area contributed by atoms with Crippen LogP contribution in [0.2, 0.25) is 0 Å². The summed E-state index contributed by atoms with van der Waals surface area (Å²) < 4.78 is 32.4. The van der Waals surface area contributed by atoms with Crippen molar-refractivity contribution in [3.63, 3.8) is 0 Å². The Labute approximate surface area is 157 Å². The van der Waals surface area contributed by atoms with Crippen LogP contribution in [0.25, 0.3) is 0 Å². The molecule has 2 aromatic carbocycles. The number of nitrogens with zero attached hydrogens (tertiary/aromatic N) is 2. The van der Waals surface area contributed by atoms with E-state index in [1.54, 1.807) is 7.11 Å². The molecule has 2 aromatic rings. The molecule has 2 N–H and O–H groups in total. The average molecular weight is 392 g/mol. The fraction of sp³-hybridized carbons (Fsp3) is 0.278. The molecule has 9 heteroatoms. The number of piperazine rings is 1. The first-order valence-corrected chi connectivity index (χ1v) is 9.73. The number of anilines is 1. The van der Waals surface area contributed by atoms with Crippen molar-refractivity contribution in [2.45, 2.75) is 4.90 Å². The molecule has 0 bridgehead atoms. The van der Waals surface area contributed by atoms with Gasteiger partial charge in [0, 0.05) is 26.2 Å². The highest BCUT2D eigenvalue weighted by Crippen LogP contribution is 2.30. The SMILES string of the molecule is COc1ccccc1N1CCN(S(=O)(=O)c2ccc(O)c(C(=O)O)c2)CC1. The lowest BCUT2D eigenvalue weighted by molar-refractivity contribution is 0.0693. The number of carboxylic acid groups (broad SMARTS) is 1. The van der Waals surface area contributed by atoms with Gasteiger partial charge in [0.05, 0.1) is 17.7 Å². The highest BCUT2D eigenvalue weighted by atomic mass is 32.2. The number of sulfonamides is 1. The van der Waals surface area contributed by atoms with E-state index in [9.17, 15) is 18.3 Å². The van der Waals surface area contributed by atoms with Crippen LogP contribution >= 0.6 is 0 Å². The zero-order chi connectivity index (χ0) is 19.6. The second-order valence-electron chi connectivity index (χ2n) is 6.05. The Bertz CT molecular complexity index is 952. The number of hydrogen-bond donors (Lipinski definition) is 2. The number of aromatic carboxylic acids is 1. The van der Waals surface area contributed by atoms with Crippen molar-refractivity contribution in [3.8, 4) is 11.5 Å². The maximum absolute atomic E-state index is 12.8. The number of hydrogen-bond acceptors (Lipinski definition) is 6. The Morgan fingerprint density at radius 3 is 2.37 bits per heavy atom. The zero-order valence-electron chi connectivity index (χ0n) is 14.7. The van der Waals surface area contributed by atoms with Gasteiger partial charge in [0.15, 0.2) is 0 Å². The molecule has 27 heavy (non-hydrogen) atoms. The molecule has 8 nitrogen and oxygen atoms in total. The van der Waals surface area contributed by atoms with Crippen molar-refractivity contribution >= 4 is 21.7 Å². The van der Waals surface area contributed by atoms with Gasteiger partial charge in [0.25, 0.3) is 0 Å². The van der Waals surface area contributed by atoms with Crippen molar-refractivity contribution in [2.75, 3.05) is 38.2 Å². The average Bonchev–Trinajstić information content (AvgIpc) is 2.68. The number of carbonyl (C=O) groups is 1. The van der Waals surface area contributed by atoms with Crippen LogP contribution in [0, 0.1) is 0 Å². The lowest BCUT2D eigenvalue weighted by Gasteiger charge is -2.36. The third-order valence-electron chi connectivity index (χ3n) is 4.50. The zero-order valence-corrected chi connectivity index (χ0v) is 15.5. The van der Waals surface area contributed by atoms with Crippen molar-refractivity contribution in [1.82, 2.24) is 4.31 Å². The smallest absolute Gasteiger partial charge is 0.339 e. The molecule has 1 saturated heterocycles. The molecule has 0 saturated carbocycles. The molecule has 1 aliphatic rings. The third-order valence-corrected chi connectivity index (χ3v) is 6.40. The summed E-state index contributed by atoms with van der Waals surface area (Å²) in [6.45, 7) is 1.46. The summed E-state index contributed by atoms with van der Waals surface area (Å²) in [7, 11) is -2.27. The van der Waals surface area contributed by atoms with E-state index in [1.165, 1.54) is 10.4 Å². The minimum Gasteiger partial charge on any atom is -0.507 e.